The maximum absolute atomic E-state index is 11.8. The molecule has 4 amide bonds. The monoisotopic (exact) mass is 782 g/mol. The number of hydrogen-bond acceptors (Lipinski definition) is 11. The van der Waals surface area contributed by atoms with E-state index in [-0.39, 0.29) is 35.5 Å². The number of benzene rings is 4. The van der Waals surface area contributed by atoms with E-state index in [1.165, 1.54) is 23.5 Å². The number of amides is 4. The molecule has 0 aliphatic carbocycles. The van der Waals surface area contributed by atoms with Gasteiger partial charge in [0, 0.05) is 10.6 Å². The van der Waals surface area contributed by atoms with Crippen LogP contribution in [0.3, 0.4) is 0 Å². The Morgan fingerprint density at radius 2 is 1.21 bits per heavy atom. The van der Waals surface area contributed by atoms with Gasteiger partial charge in [-0.25, -0.2) is 0 Å². The van der Waals surface area contributed by atoms with Gasteiger partial charge >= 0.3 is 0 Å². The summed E-state index contributed by atoms with van der Waals surface area (Å²) in [4.78, 5) is 44.4. The molecule has 0 radical (unpaired) electrons. The first kappa shape index (κ1) is 42.9. The summed E-state index contributed by atoms with van der Waals surface area (Å²) < 4.78 is 16.5. The predicted molar refractivity (Wildman–Crippen MR) is 209 cm³/mol. The van der Waals surface area contributed by atoms with E-state index in [1.807, 2.05) is 48.9 Å². The van der Waals surface area contributed by atoms with Crippen LogP contribution in [-0.4, -0.2) is 78.2 Å². The first-order chi connectivity index (χ1) is 25.6. The maximum Gasteiger partial charge on any atom is 0.239 e. The number of ether oxygens (including phenoxy) is 3. The van der Waals surface area contributed by atoms with Crippen LogP contribution in [-0.2, 0) is 32.0 Å². The van der Waals surface area contributed by atoms with Crippen LogP contribution in [0.4, 0.5) is 0 Å². The number of aliphatic hydroxyl groups is 2. The summed E-state index contributed by atoms with van der Waals surface area (Å²) in [5.41, 5.74) is 3.26. The van der Waals surface area contributed by atoms with Crippen molar-refractivity contribution in [3.05, 3.63) is 124 Å². The number of aliphatic hydroxyl groups excluding tert-OH is 2. The van der Waals surface area contributed by atoms with Gasteiger partial charge in [-0.2, -0.15) is 23.5 Å². The molecule has 14 heteroatoms. The highest BCUT2D eigenvalue weighted by Crippen LogP contribution is 2.26. The first-order valence-electron chi connectivity index (χ1n) is 16.3. The van der Waals surface area contributed by atoms with Gasteiger partial charge in [-0.1, -0.05) is 66.2 Å². The molecule has 11 nitrogen and oxygen atoms in total. The smallest absolute Gasteiger partial charge is 0.239 e. The van der Waals surface area contributed by atoms with Gasteiger partial charge in [0.05, 0.1) is 17.6 Å². The van der Waals surface area contributed by atoms with Crippen LogP contribution in [0.25, 0.3) is 0 Å². The fraction of sp³-hybridized carbons (Fsp3) is 0.282. The highest BCUT2D eigenvalue weighted by molar-refractivity contribution is 8.00. The molecule has 0 saturated heterocycles. The molecule has 0 aliphatic rings. The number of thioether (sulfide) groups is 2. The Morgan fingerprint density at radius 1 is 0.717 bits per heavy atom. The fourth-order valence-corrected chi connectivity index (χ4v) is 6.41. The number of halogens is 1. The first-order valence-corrected chi connectivity index (χ1v) is 19.3. The van der Waals surface area contributed by atoms with Gasteiger partial charge in [0.25, 0.3) is 0 Å². The number of para-hydroxylation sites is 1. The van der Waals surface area contributed by atoms with Gasteiger partial charge in [-0.05, 0) is 84.5 Å². The zero-order valence-corrected chi connectivity index (χ0v) is 31.9. The van der Waals surface area contributed by atoms with Gasteiger partial charge in [-0.15, -0.1) is 0 Å². The Hall–Kier alpha value is -4.53. The average Bonchev–Trinajstić information content (AvgIpc) is 3.18. The average molecular weight is 783 g/mol. The van der Waals surface area contributed by atoms with Crippen molar-refractivity contribution >= 4 is 59.8 Å². The van der Waals surface area contributed by atoms with Gasteiger partial charge in [0.15, 0.2) is 0 Å². The summed E-state index contributed by atoms with van der Waals surface area (Å²) in [6, 6.07) is 28.9. The Kier molecular flexibility index (Phi) is 18.8. The minimum Gasteiger partial charge on any atom is -0.496 e. The van der Waals surface area contributed by atoms with E-state index in [1.54, 1.807) is 67.8 Å². The predicted octanol–water partition coefficient (Wildman–Crippen LogP) is 5.35. The molecule has 0 saturated carbocycles. The van der Waals surface area contributed by atoms with E-state index < -0.39 is 12.2 Å². The molecule has 4 aromatic carbocycles. The van der Waals surface area contributed by atoms with E-state index in [9.17, 15) is 29.4 Å². The second-order valence-corrected chi connectivity index (χ2v) is 13.9. The summed E-state index contributed by atoms with van der Waals surface area (Å²) in [6.45, 7) is 0.198. The standard InChI is InChI=1S/C20H23NO5S.C19H20ClNO4S/c1-25-18-6-4-3-5-16(18)17(23)12-26-15-9-7-14(8-10-15)11-19(27-2)20(24)21-13-22;1-26-18(19(24)21-12-22)9-13-5-7-16(8-6-13)25-11-17(23)14-3-2-4-15(20)10-14/h3-10,13,17,19,23H,11-12H2,1-2H3,(H,21,22,24);2-8,10,12,17-18,23H,9,11H2,1H3,(H,21,22,24). The van der Waals surface area contributed by atoms with Crippen LogP contribution in [0.1, 0.15) is 34.5 Å². The van der Waals surface area contributed by atoms with E-state index in [2.05, 4.69) is 10.6 Å². The lowest BCUT2D eigenvalue weighted by Gasteiger charge is -2.16. The van der Waals surface area contributed by atoms with E-state index >= 15 is 0 Å². The molecule has 0 aromatic heterocycles. The van der Waals surface area contributed by atoms with Gasteiger partial charge in [0.1, 0.15) is 42.7 Å². The van der Waals surface area contributed by atoms with Gasteiger partial charge in [0.2, 0.25) is 24.6 Å². The molecule has 0 bridgehead atoms. The van der Waals surface area contributed by atoms with Crippen LogP contribution in [0, 0.1) is 0 Å². The molecule has 4 aromatic rings. The number of nitrogens with one attached hydrogen (secondary N) is 2. The number of methoxy groups -OCH3 is 1. The largest absolute Gasteiger partial charge is 0.496 e. The van der Waals surface area contributed by atoms with Crippen LogP contribution < -0.4 is 24.8 Å². The van der Waals surface area contributed by atoms with Crippen LogP contribution >= 0.6 is 35.1 Å². The third-order valence-electron chi connectivity index (χ3n) is 7.79. The molecule has 4 rings (SSSR count). The summed E-state index contributed by atoms with van der Waals surface area (Å²) in [5.74, 6) is 1.23. The van der Waals surface area contributed by atoms with Crippen LogP contribution in [0.5, 0.6) is 17.2 Å². The summed E-state index contributed by atoms with van der Waals surface area (Å²) >= 11 is 8.69. The van der Waals surface area contributed by atoms with E-state index in [0.717, 1.165) is 11.1 Å². The SMILES string of the molecule is COc1ccccc1C(O)COc1ccc(CC(SC)C(=O)NC=O)cc1.CSC(Cc1ccc(OCC(O)c2cccc(Cl)c2)cc1)C(=O)NC=O. The van der Waals surface area contributed by atoms with Crippen molar-refractivity contribution in [3.8, 4) is 17.2 Å². The highest BCUT2D eigenvalue weighted by Gasteiger charge is 2.19. The minimum absolute atomic E-state index is 0.0922. The van der Waals surface area contributed by atoms with E-state index in [0.29, 0.717) is 59.1 Å². The van der Waals surface area contributed by atoms with Crippen molar-refractivity contribution in [2.75, 3.05) is 32.8 Å². The lowest BCUT2D eigenvalue weighted by atomic mass is 10.1. The summed E-state index contributed by atoms with van der Waals surface area (Å²) in [5, 5.41) is 24.7. The third-order valence-corrected chi connectivity index (χ3v) is 9.93. The quantitative estimate of drug-likeness (QED) is 0.0908. The summed E-state index contributed by atoms with van der Waals surface area (Å²) in [6.07, 6.45) is 3.87. The zero-order chi connectivity index (χ0) is 38.6. The Labute approximate surface area is 322 Å². The van der Waals surface area contributed by atoms with Crippen molar-refractivity contribution in [2.24, 2.45) is 0 Å². The molecule has 4 unspecified atom stereocenters. The van der Waals surface area contributed by atoms with Crippen LogP contribution in [0.15, 0.2) is 97.1 Å². The maximum atomic E-state index is 11.8. The fourth-order valence-electron chi connectivity index (χ4n) is 4.93. The highest BCUT2D eigenvalue weighted by atomic mass is 35.5. The lowest BCUT2D eigenvalue weighted by molar-refractivity contribution is -0.126. The molecule has 0 fully saturated rings. The molecular formula is C39H43ClN2O9S2. The van der Waals surface area contributed by atoms with Crippen molar-refractivity contribution in [1.82, 2.24) is 10.6 Å². The number of carbonyl (C=O) groups excluding carboxylic acids is 4. The molecule has 0 spiro atoms. The Balaban J connectivity index is 0.000000286. The molecule has 282 valence electrons. The number of imide groups is 2. The molecule has 0 heterocycles. The molecule has 4 N–H and O–H groups in total. The Morgan fingerprint density at radius 3 is 1.66 bits per heavy atom. The number of rotatable bonds is 19. The number of carbonyl (C=O) groups is 4. The molecule has 53 heavy (non-hydrogen) atoms. The van der Waals surface area contributed by atoms with Gasteiger partial charge < -0.3 is 24.4 Å². The third kappa shape index (κ3) is 14.4. The second kappa shape index (κ2) is 23.2. The van der Waals surface area contributed by atoms with Gasteiger partial charge in [-0.3, -0.25) is 29.8 Å². The lowest BCUT2D eigenvalue weighted by Crippen LogP contribution is -2.32. The molecule has 0 aliphatic heterocycles. The molecular weight excluding hydrogens is 740 g/mol. The Bertz CT molecular complexity index is 1750. The zero-order valence-electron chi connectivity index (χ0n) is 29.5. The summed E-state index contributed by atoms with van der Waals surface area (Å²) in [7, 11) is 1.56. The van der Waals surface area contributed by atoms with E-state index in [4.69, 9.17) is 25.8 Å². The number of hydrogen-bond donors (Lipinski definition) is 4. The normalized spacial score (nSPS) is 12.8. The minimum atomic E-state index is -0.811. The van der Waals surface area contributed by atoms with Crippen molar-refractivity contribution in [1.29, 1.82) is 0 Å². The molecule has 4 atom stereocenters. The van der Waals surface area contributed by atoms with Crippen molar-refractivity contribution < 1.29 is 43.6 Å². The second-order valence-electron chi connectivity index (χ2n) is 11.3. The van der Waals surface area contributed by atoms with Crippen molar-refractivity contribution in [3.63, 3.8) is 0 Å². The topological polar surface area (TPSA) is 160 Å². The van der Waals surface area contributed by atoms with Crippen LogP contribution in [0.2, 0.25) is 5.02 Å². The van der Waals surface area contributed by atoms with Crippen molar-refractivity contribution in [2.45, 2.75) is 35.5 Å².